The zero-order chi connectivity index (χ0) is 30.8. The van der Waals surface area contributed by atoms with E-state index in [1.165, 1.54) is 23.3 Å². The van der Waals surface area contributed by atoms with E-state index in [0.29, 0.717) is 22.7 Å². The molecular weight excluding hydrogens is 569 g/mol. The minimum atomic E-state index is -4.60. The van der Waals surface area contributed by atoms with Gasteiger partial charge in [-0.2, -0.15) is 13.2 Å². The molecule has 0 bridgehead atoms. The highest BCUT2D eigenvalue weighted by Crippen LogP contribution is 2.33. The van der Waals surface area contributed by atoms with E-state index in [-0.39, 0.29) is 16.9 Å². The second-order valence-electron chi connectivity index (χ2n) is 10.1. The Kier molecular flexibility index (Phi) is 7.39. The molecular formula is C32H25F3N8O. The van der Waals surface area contributed by atoms with E-state index >= 15 is 0 Å². The Morgan fingerprint density at radius 2 is 1.70 bits per heavy atom. The SMILES string of the molecule is Cc1cn(-c2cc(NC(=O)c3ccc(C)c(C=Cn4cnc5c(Nc6ccccc6)ncnc54)c3)cc(C(F)(F)F)c2)cn1. The average Bonchev–Trinajstić information content (AvgIpc) is 3.63. The number of alkyl halides is 3. The number of carbonyl (C=O) groups excluding carboxylic acids is 1. The number of benzene rings is 3. The van der Waals surface area contributed by atoms with Gasteiger partial charge in [-0.25, -0.2) is 19.9 Å². The number of imidazole rings is 2. The van der Waals surface area contributed by atoms with Crippen LogP contribution in [0.15, 0.2) is 91.9 Å². The molecule has 0 atom stereocenters. The zero-order valence-corrected chi connectivity index (χ0v) is 23.5. The molecule has 44 heavy (non-hydrogen) atoms. The van der Waals surface area contributed by atoms with Crippen molar-refractivity contribution < 1.29 is 18.0 Å². The van der Waals surface area contributed by atoms with E-state index in [4.69, 9.17) is 0 Å². The molecule has 12 heteroatoms. The standard InChI is InChI=1S/C32H25F3N8O/c1-20-8-9-23(31(44)41-26-13-24(32(33,34)35)14-27(15-26)43-16-21(2)38-18-43)12-22(20)10-11-42-19-39-28-29(36-17-37-30(28)42)40-25-6-4-3-5-7-25/h3-19H,1-2H3,(H,41,44)(H,36,37,40). The van der Waals surface area contributed by atoms with Gasteiger partial charge < -0.3 is 15.2 Å². The van der Waals surface area contributed by atoms with Gasteiger partial charge in [0.1, 0.15) is 12.7 Å². The maximum absolute atomic E-state index is 13.7. The summed E-state index contributed by atoms with van der Waals surface area (Å²) in [6.45, 7) is 3.63. The predicted molar refractivity (Wildman–Crippen MR) is 163 cm³/mol. The Hall–Kier alpha value is -5.78. The van der Waals surface area contributed by atoms with Crippen LogP contribution in [0, 0.1) is 13.8 Å². The normalized spacial score (nSPS) is 11.8. The molecule has 0 aliphatic carbocycles. The van der Waals surface area contributed by atoms with Crippen molar-refractivity contribution in [3.63, 3.8) is 0 Å². The van der Waals surface area contributed by atoms with Gasteiger partial charge in [0.25, 0.3) is 5.91 Å². The molecule has 6 aromatic rings. The number of hydrogen-bond acceptors (Lipinski definition) is 6. The van der Waals surface area contributed by atoms with Crippen molar-refractivity contribution in [2.75, 3.05) is 10.6 Å². The summed E-state index contributed by atoms with van der Waals surface area (Å²) in [5.41, 5.74) is 3.91. The molecule has 0 saturated carbocycles. The van der Waals surface area contributed by atoms with Gasteiger partial charge in [-0.15, -0.1) is 0 Å². The molecule has 1 amide bonds. The molecule has 0 aliphatic heterocycles. The molecule has 0 fully saturated rings. The van der Waals surface area contributed by atoms with Crippen LogP contribution in [-0.4, -0.2) is 35.0 Å². The van der Waals surface area contributed by atoms with Gasteiger partial charge in [0.05, 0.1) is 17.6 Å². The lowest BCUT2D eigenvalue weighted by Gasteiger charge is -2.14. The number of hydrogen-bond donors (Lipinski definition) is 2. The summed E-state index contributed by atoms with van der Waals surface area (Å²) in [6, 6.07) is 18.0. The second kappa shape index (κ2) is 11.5. The summed E-state index contributed by atoms with van der Waals surface area (Å²) >= 11 is 0. The summed E-state index contributed by atoms with van der Waals surface area (Å²) in [7, 11) is 0. The number of aromatic nitrogens is 6. The highest BCUT2D eigenvalue weighted by atomic mass is 19.4. The first-order chi connectivity index (χ1) is 21.1. The van der Waals surface area contributed by atoms with Crippen molar-refractivity contribution in [1.82, 2.24) is 29.1 Å². The van der Waals surface area contributed by atoms with Gasteiger partial charge in [0.15, 0.2) is 17.0 Å². The summed E-state index contributed by atoms with van der Waals surface area (Å²) in [6.07, 6.45) is 5.07. The molecule has 0 radical (unpaired) electrons. The first-order valence-corrected chi connectivity index (χ1v) is 13.5. The van der Waals surface area contributed by atoms with Gasteiger partial charge in [-0.3, -0.25) is 9.36 Å². The minimum absolute atomic E-state index is 0.00771. The van der Waals surface area contributed by atoms with Crippen LogP contribution in [0.25, 0.3) is 29.1 Å². The molecule has 3 aromatic heterocycles. The van der Waals surface area contributed by atoms with Gasteiger partial charge in [-0.1, -0.05) is 24.3 Å². The minimum Gasteiger partial charge on any atom is -0.338 e. The van der Waals surface area contributed by atoms with Gasteiger partial charge >= 0.3 is 6.18 Å². The number of aryl methyl sites for hydroxylation is 2. The van der Waals surface area contributed by atoms with Crippen LogP contribution in [0.1, 0.15) is 32.7 Å². The topological polar surface area (TPSA) is 103 Å². The first kappa shape index (κ1) is 28.3. The van der Waals surface area contributed by atoms with Crippen molar-refractivity contribution in [1.29, 1.82) is 0 Å². The number of para-hydroxylation sites is 1. The van der Waals surface area contributed by atoms with Crippen molar-refractivity contribution >= 4 is 46.5 Å². The van der Waals surface area contributed by atoms with Crippen LogP contribution < -0.4 is 10.6 Å². The Bertz CT molecular complexity index is 2010. The molecule has 3 heterocycles. The fraction of sp³-hybridized carbons (Fsp3) is 0.0938. The summed E-state index contributed by atoms with van der Waals surface area (Å²) < 4.78 is 44.3. The maximum atomic E-state index is 13.7. The number of nitrogens with one attached hydrogen (secondary N) is 2. The van der Waals surface area contributed by atoms with Crippen LogP contribution in [-0.2, 0) is 6.18 Å². The third-order valence-corrected chi connectivity index (χ3v) is 6.86. The molecule has 9 nitrogen and oxygen atoms in total. The summed E-state index contributed by atoms with van der Waals surface area (Å²) in [4.78, 5) is 30.5. The maximum Gasteiger partial charge on any atom is 0.416 e. The van der Waals surface area contributed by atoms with E-state index in [9.17, 15) is 18.0 Å². The predicted octanol–water partition coefficient (Wildman–Crippen LogP) is 7.27. The molecule has 220 valence electrons. The molecule has 6 rings (SSSR count). The van der Waals surface area contributed by atoms with E-state index in [1.54, 1.807) is 48.4 Å². The first-order valence-electron chi connectivity index (χ1n) is 13.5. The van der Waals surface area contributed by atoms with E-state index < -0.39 is 17.6 Å². The fourth-order valence-corrected chi connectivity index (χ4v) is 4.59. The highest BCUT2D eigenvalue weighted by Gasteiger charge is 2.31. The van der Waals surface area contributed by atoms with Crippen LogP contribution in [0.2, 0.25) is 0 Å². The van der Waals surface area contributed by atoms with Gasteiger partial charge in [0.2, 0.25) is 0 Å². The third-order valence-electron chi connectivity index (χ3n) is 6.86. The largest absolute Gasteiger partial charge is 0.416 e. The Morgan fingerprint density at radius 1 is 0.886 bits per heavy atom. The summed E-state index contributed by atoms with van der Waals surface area (Å²) in [5, 5.41) is 5.86. The Labute approximate surface area is 249 Å². The van der Waals surface area contributed by atoms with Crippen LogP contribution in [0.4, 0.5) is 30.4 Å². The lowest BCUT2D eigenvalue weighted by Crippen LogP contribution is -2.14. The van der Waals surface area contributed by atoms with Crippen LogP contribution in [0.3, 0.4) is 0 Å². The number of anilines is 3. The fourth-order valence-electron chi connectivity index (χ4n) is 4.59. The zero-order valence-electron chi connectivity index (χ0n) is 23.5. The lowest BCUT2D eigenvalue weighted by molar-refractivity contribution is -0.137. The van der Waals surface area contributed by atoms with Crippen molar-refractivity contribution in [3.05, 3.63) is 120 Å². The highest BCUT2D eigenvalue weighted by molar-refractivity contribution is 6.05. The van der Waals surface area contributed by atoms with Crippen LogP contribution in [0.5, 0.6) is 0 Å². The van der Waals surface area contributed by atoms with E-state index in [0.717, 1.165) is 28.9 Å². The molecule has 3 aromatic carbocycles. The smallest absolute Gasteiger partial charge is 0.338 e. The van der Waals surface area contributed by atoms with E-state index in [1.807, 2.05) is 43.3 Å². The molecule has 0 spiro atoms. The third kappa shape index (κ3) is 6.04. The second-order valence-corrected chi connectivity index (χ2v) is 10.1. The number of halogens is 3. The number of rotatable bonds is 7. The van der Waals surface area contributed by atoms with Crippen molar-refractivity contribution in [2.24, 2.45) is 0 Å². The number of nitrogens with zero attached hydrogens (tertiary/aromatic N) is 6. The molecule has 0 unspecified atom stereocenters. The molecule has 0 saturated heterocycles. The number of carbonyl (C=O) groups is 1. The monoisotopic (exact) mass is 594 g/mol. The molecule has 2 N–H and O–H groups in total. The quantitative estimate of drug-likeness (QED) is 0.202. The molecule has 0 aliphatic rings. The van der Waals surface area contributed by atoms with Crippen molar-refractivity contribution in [2.45, 2.75) is 20.0 Å². The number of fused-ring (bicyclic) bond motifs is 1. The van der Waals surface area contributed by atoms with E-state index in [2.05, 4.69) is 30.6 Å². The summed E-state index contributed by atoms with van der Waals surface area (Å²) in [5.74, 6) is 0.00769. The lowest BCUT2D eigenvalue weighted by atomic mass is 10.0. The average molecular weight is 595 g/mol. The Balaban J connectivity index is 1.25. The number of amides is 1. The van der Waals surface area contributed by atoms with Gasteiger partial charge in [-0.05, 0) is 73.5 Å². The van der Waals surface area contributed by atoms with Crippen molar-refractivity contribution in [3.8, 4) is 5.69 Å². The van der Waals surface area contributed by atoms with Gasteiger partial charge in [0, 0.05) is 35.0 Å². The van der Waals surface area contributed by atoms with Crippen LogP contribution >= 0.6 is 0 Å². The Morgan fingerprint density at radius 3 is 2.45 bits per heavy atom.